The lowest BCUT2D eigenvalue weighted by Gasteiger charge is -2.67. The standard InChI is InChI=1S/C32H54O4/c1-19(2)20(3)9-10-21(17-27(35)36)28-24(33)18-32(8)23-11-12-25-29(4,5)26(34)14-15-30(25,6)22(23)13-16-31(28,32)7/h19,21-26,28,33-34H,3,9-18H2,1-2,4-8H3,(H,35,36)/t21-,22?,23?,24-,25?,26-,28+,30-,31-,32+/m1/s1. The number of allylic oxidation sites excluding steroid dienone is 1. The van der Waals surface area contributed by atoms with Gasteiger partial charge in [0.1, 0.15) is 0 Å². The smallest absolute Gasteiger partial charge is 0.303 e. The Balaban J connectivity index is 1.65. The molecule has 10 atom stereocenters. The van der Waals surface area contributed by atoms with Gasteiger partial charge in [-0.25, -0.2) is 0 Å². The number of hydrogen-bond acceptors (Lipinski definition) is 3. The van der Waals surface area contributed by atoms with Crippen LogP contribution in [0.15, 0.2) is 12.2 Å². The van der Waals surface area contributed by atoms with Crippen LogP contribution < -0.4 is 0 Å². The van der Waals surface area contributed by atoms with E-state index in [9.17, 15) is 20.1 Å². The third-order valence-corrected chi connectivity index (χ3v) is 13.1. The Kier molecular flexibility index (Phi) is 7.35. The van der Waals surface area contributed by atoms with Gasteiger partial charge in [-0.2, -0.15) is 0 Å². The number of hydrogen-bond donors (Lipinski definition) is 3. The number of carboxylic acids is 1. The van der Waals surface area contributed by atoms with Gasteiger partial charge in [0, 0.05) is 6.42 Å². The molecule has 4 fully saturated rings. The van der Waals surface area contributed by atoms with Gasteiger partial charge < -0.3 is 15.3 Å². The molecule has 4 aliphatic carbocycles. The number of rotatable bonds is 7. The van der Waals surface area contributed by atoms with E-state index in [1.54, 1.807) is 0 Å². The van der Waals surface area contributed by atoms with Crippen LogP contribution in [0.25, 0.3) is 0 Å². The van der Waals surface area contributed by atoms with Gasteiger partial charge in [0.05, 0.1) is 12.2 Å². The number of aliphatic carboxylic acids is 1. The third-order valence-electron chi connectivity index (χ3n) is 13.1. The molecule has 0 heterocycles. The molecule has 36 heavy (non-hydrogen) atoms. The van der Waals surface area contributed by atoms with Gasteiger partial charge in [-0.1, -0.05) is 60.6 Å². The lowest BCUT2D eigenvalue weighted by atomic mass is 9.38. The molecule has 3 N–H and O–H groups in total. The second-order valence-electron chi connectivity index (χ2n) is 15.1. The van der Waals surface area contributed by atoms with Crippen LogP contribution in [0, 0.1) is 57.2 Å². The molecule has 206 valence electrons. The average molecular weight is 503 g/mol. The summed E-state index contributed by atoms with van der Waals surface area (Å²) in [5.74, 6) is 1.36. The second-order valence-corrected chi connectivity index (χ2v) is 15.1. The quantitative estimate of drug-likeness (QED) is 0.325. The minimum absolute atomic E-state index is 0.0139. The Labute approximate surface area is 220 Å². The Morgan fingerprint density at radius 2 is 1.61 bits per heavy atom. The van der Waals surface area contributed by atoms with Gasteiger partial charge >= 0.3 is 5.97 Å². The van der Waals surface area contributed by atoms with Crippen molar-refractivity contribution in [1.29, 1.82) is 0 Å². The number of carbonyl (C=O) groups is 1. The molecular formula is C32H54O4. The van der Waals surface area contributed by atoms with E-state index in [4.69, 9.17) is 0 Å². The Bertz CT molecular complexity index is 862. The molecule has 0 aromatic carbocycles. The van der Waals surface area contributed by atoms with E-state index in [1.165, 1.54) is 12.0 Å². The van der Waals surface area contributed by atoms with Gasteiger partial charge in [0.15, 0.2) is 0 Å². The first kappa shape index (κ1) is 28.1. The topological polar surface area (TPSA) is 77.8 Å². The SMILES string of the molecule is C=C(CC[C@H](CC(=O)O)[C@H]1[C@H](O)C[C@@]2(C)C3CCC4C(C)(C)[C@H](O)CC[C@]4(C)C3CC[C@]12C)C(C)C. The second kappa shape index (κ2) is 9.40. The summed E-state index contributed by atoms with van der Waals surface area (Å²) >= 11 is 0. The van der Waals surface area contributed by atoms with Crippen molar-refractivity contribution in [2.75, 3.05) is 0 Å². The minimum Gasteiger partial charge on any atom is -0.481 e. The molecule has 0 aliphatic heterocycles. The summed E-state index contributed by atoms with van der Waals surface area (Å²) < 4.78 is 0. The van der Waals surface area contributed by atoms with Crippen LogP contribution in [0.3, 0.4) is 0 Å². The summed E-state index contributed by atoms with van der Waals surface area (Å²) in [4.78, 5) is 12.0. The molecule has 0 spiro atoms. The summed E-state index contributed by atoms with van der Waals surface area (Å²) in [5.41, 5.74) is 1.32. The van der Waals surface area contributed by atoms with E-state index in [1.807, 2.05) is 0 Å². The van der Waals surface area contributed by atoms with E-state index >= 15 is 0 Å². The fraction of sp³-hybridized carbons (Fsp3) is 0.906. The first-order valence-electron chi connectivity index (χ1n) is 14.8. The van der Waals surface area contributed by atoms with Crippen molar-refractivity contribution >= 4 is 5.97 Å². The fourth-order valence-electron chi connectivity index (χ4n) is 10.7. The van der Waals surface area contributed by atoms with Gasteiger partial charge in [0.2, 0.25) is 0 Å². The summed E-state index contributed by atoms with van der Waals surface area (Å²) in [5, 5.41) is 32.4. The molecule has 0 bridgehead atoms. The maximum atomic E-state index is 12.0. The minimum atomic E-state index is -0.746. The highest BCUT2D eigenvalue weighted by Gasteiger charge is 2.69. The number of fused-ring (bicyclic) bond motifs is 5. The maximum absolute atomic E-state index is 12.0. The van der Waals surface area contributed by atoms with Crippen LogP contribution in [0.4, 0.5) is 0 Å². The van der Waals surface area contributed by atoms with Crippen molar-refractivity contribution in [3.05, 3.63) is 12.2 Å². The Morgan fingerprint density at radius 1 is 0.944 bits per heavy atom. The van der Waals surface area contributed by atoms with Gasteiger partial charge in [-0.05, 0) is 115 Å². The molecule has 0 aromatic heterocycles. The summed E-state index contributed by atoms with van der Waals surface area (Å²) in [7, 11) is 0. The zero-order valence-electron chi connectivity index (χ0n) is 24.1. The van der Waals surface area contributed by atoms with Crippen molar-refractivity contribution in [3.63, 3.8) is 0 Å². The van der Waals surface area contributed by atoms with E-state index < -0.39 is 12.1 Å². The predicted molar refractivity (Wildman–Crippen MR) is 145 cm³/mol. The predicted octanol–water partition coefficient (Wildman–Crippen LogP) is 7.09. The Morgan fingerprint density at radius 3 is 2.22 bits per heavy atom. The van der Waals surface area contributed by atoms with Crippen molar-refractivity contribution in [2.45, 2.75) is 125 Å². The van der Waals surface area contributed by atoms with Gasteiger partial charge in [-0.3, -0.25) is 4.79 Å². The molecule has 0 saturated heterocycles. The zero-order valence-corrected chi connectivity index (χ0v) is 24.1. The maximum Gasteiger partial charge on any atom is 0.303 e. The third kappa shape index (κ3) is 4.12. The molecule has 0 amide bonds. The highest BCUT2D eigenvalue weighted by Crippen LogP contribution is 2.74. The van der Waals surface area contributed by atoms with Crippen LogP contribution in [0.1, 0.15) is 113 Å². The van der Waals surface area contributed by atoms with Gasteiger partial charge in [-0.15, -0.1) is 0 Å². The highest BCUT2D eigenvalue weighted by atomic mass is 16.4. The summed E-state index contributed by atoms with van der Waals surface area (Å²) in [6.07, 6.45) is 8.47. The van der Waals surface area contributed by atoms with Crippen LogP contribution in [-0.2, 0) is 4.79 Å². The fourth-order valence-corrected chi connectivity index (χ4v) is 10.7. The lowest BCUT2D eigenvalue weighted by molar-refractivity contribution is -0.201. The van der Waals surface area contributed by atoms with Crippen molar-refractivity contribution in [2.24, 2.45) is 57.2 Å². The molecule has 3 unspecified atom stereocenters. The molecule has 4 heteroatoms. The van der Waals surface area contributed by atoms with Crippen molar-refractivity contribution in [3.8, 4) is 0 Å². The van der Waals surface area contributed by atoms with Crippen molar-refractivity contribution in [1.82, 2.24) is 0 Å². The number of aliphatic hydroxyl groups excluding tert-OH is 2. The molecule has 0 aromatic rings. The summed E-state index contributed by atoms with van der Waals surface area (Å²) in [6.45, 7) is 20.5. The monoisotopic (exact) mass is 502 g/mol. The molecule has 4 nitrogen and oxygen atoms in total. The lowest BCUT2D eigenvalue weighted by Crippen LogP contribution is -2.61. The molecule has 0 radical (unpaired) electrons. The van der Waals surface area contributed by atoms with Crippen LogP contribution in [0.5, 0.6) is 0 Å². The van der Waals surface area contributed by atoms with E-state index in [0.29, 0.717) is 23.7 Å². The first-order chi connectivity index (χ1) is 16.6. The van der Waals surface area contributed by atoms with Crippen molar-refractivity contribution < 1.29 is 20.1 Å². The normalized spacial score (nSPS) is 46.5. The Hall–Kier alpha value is -0.870. The van der Waals surface area contributed by atoms with Crippen LogP contribution in [0.2, 0.25) is 0 Å². The van der Waals surface area contributed by atoms with E-state index in [2.05, 4.69) is 55.0 Å². The first-order valence-corrected chi connectivity index (χ1v) is 14.8. The number of aliphatic hydroxyl groups is 2. The molecule has 4 rings (SSSR count). The zero-order chi connectivity index (χ0) is 26.8. The summed E-state index contributed by atoms with van der Waals surface area (Å²) in [6, 6.07) is 0. The van der Waals surface area contributed by atoms with E-state index in [0.717, 1.165) is 51.4 Å². The number of carboxylic acid groups (broad SMARTS) is 1. The van der Waals surface area contributed by atoms with Gasteiger partial charge in [0.25, 0.3) is 0 Å². The van der Waals surface area contributed by atoms with Crippen LogP contribution >= 0.6 is 0 Å². The molecule has 4 saturated carbocycles. The van der Waals surface area contributed by atoms with E-state index in [-0.39, 0.29) is 46.0 Å². The average Bonchev–Trinajstić information content (AvgIpc) is 2.98. The van der Waals surface area contributed by atoms with Crippen LogP contribution in [-0.4, -0.2) is 33.5 Å². The highest BCUT2D eigenvalue weighted by molar-refractivity contribution is 5.67. The largest absolute Gasteiger partial charge is 0.481 e. The molecule has 4 aliphatic rings. The molecular weight excluding hydrogens is 448 g/mol.